The second-order valence-corrected chi connectivity index (χ2v) is 11.8. The second-order valence-electron chi connectivity index (χ2n) is 11.8. The van der Waals surface area contributed by atoms with E-state index in [2.05, 4.69) is 60.2 Å². The summed E-state index contributed by atoms with van der Waals surface area (Å²) in [5.41, 5.74) is 9.57. The summed E-state index contributed by atoms with van der Waals surface area (Å²) in [6.07, 6.45) is 5.48. The van der Waals surface area contributed by atoms with Crippen molar-refractivity contribution in [1.82, 2.24) is 0 Å². The average molecular weight is 619 g/mol. The highest BCUT2D eigenvalue weighted by Gasteiger charge is 2.09. The number of hydrogen-bond acceptors (Lipinski definition) is 4. The minimum Gasteiger partial charge on any atom is -0.356 e. The first-order valence-electron chi connectivity index (χ1n) is 16.3. The zero-order valence-corrected chi connectivity index (χ0v) is 26.9. The van der Waals surface area contributed by atoms with Gasteiger partial charge in [0.25, 0.3) is 0 Å². The molecular weight excluding hydrogens is 576 g/mol. The molecule has 0 unspecified atom stereocenters. The Kier molecular flexibility index (Phi) is 11.7. The maximum Gasteiger partial charge on any atom is 0.162 e. The molecule has 5 aromatic rings. The van der Waals surface area contributed by atoms with Crippen LogP contribution >= 0.6 is 0 Å². The van der Waals surface area contributed by atoms with Crippen LogP contribution in [0.15, 0.2) is 147 Å². The Hall–Kier alpha value is -5.48. The Bertz CT molecular complexity index is 1770. The normalized spacial score (nSPS) is 10.6. The molecule has 236 valence electrons. The van der Waals surface area contributed by atoms with E-state index >= 15 is 0 Å². The molecule has 0 heterocycles. The molecule has 0 aromatic heterocycles. The molecule has 0 aliphatic rings. The third-order valence-corrected chi connectivity index (χ3v) is 8.26. The highest BCUT2D eigenvalue weighted by atomic mass is 16.1. The minimum atomic E-state index is 0.162. The van der Waals surface area contributed by atoms with Crippen LogP contribution in [0.25, 0.3) is 11.4 Å². The van der Waals surface area contributed by atoms with E-state index in [4.69, 9.17) is 0 Å². The summed E-state index contributed by atoms with van der Waals surface area (Å²) >= 11 is 0. The molecule has 0 saturated heterocycles. The van der Waals surface area contributed by atoms with Gasteiger partial charge in [0.1, 0.15) is 0 Å². The van der Waals surface area contributed by atoms with Crippen LogP contribution in [0.1, 0.15) is 75.1 Å². The lowest BCUT2D eigenvalue weighted by molar-refractivity contribution is 0.0971. The summed E-state index contributed by atoms with van der Waals surface area (Å²) in [7, 11) is 0. The van der Waals surface area contributed by atoms with Gasteiger partial charge in [0.15, 0.2) is 11.6 Å². The third-order valence-electron chi connectivity index (χ3n) is 8.26. The minimum absolute atomic E-state index is 0.162. The van der Waals surface area contributed by atoms with Gasteiger partial charge in [0, 0.05) is 46.7 Å². The number of aryl methyl sites for hydroxylation is 2. The number of unbranched alkanes of at least 4 members (excludes halogenated alkanes) is 1. The van der Waals surface area contributed by atoms with Crippen LogP contribution in [0.4, 0.5) is 11.4 Å². The van der Waals surface area contributed by atoms with Crippen molar-refractivity contribution < 1.29 is 9.59 Å². The number of anilines is 2. The summed E-state index contributed by atoms with van der Waals surface area (Å²) in [4.78, 5) is 25.2. The van der Waals surface area contributed by atoms with Crippen LogP contribution in [0.3, 0.4) is 0 Å². The monoisotopic (exact) mass is 618 g/mol. The Morgan fingerprint density at radius 2 is 0.809 bits per heavy atom. The largest absolute Gasteiger partial charge is 0.356 e. The van der Waals surface area contributed by atoms with Crippen LogP contribution in [-0.4, -0.2) is 11.6 Å². The van der Waals surface area contributed by atoms with Crippen molar-refractivity contribution in [2.45, 2.75) is 44.9 Å². The maximum absolute atomic E-state index is 12.8. The molecule has 2 N–H and O–H groups in total. The van der Waals surface area contributed by atoms with Gasteiger partial charge in [0.05, 0.1) is 0 Å². The van der Waals surface area contributed by atoms with Crippen molar-refractivity contribution in [3.8, 4) is 0 Å². The first kappa shape index (κ1) is 32.9. The molecule has 5 aromatic carbocycles. The molecule has 0 aliphatic heterocycles. The van der Waals surface area contributed by atoms with Gasteiger partial charge in [-0.3, -0.25) is 9.59 Å². The summed E-state index contributed by atoms with van der Waals surface area (Å²) in [6.45, 7) is 8.33. The highest BCUT2D eigenvalue weighted by molar-refractivity contribution is 5.96. The van der Waals surface area contributed by atoms with Gasteiger partial charge < -0.3 is 10.6 Å². The van der Waals surface area contributed by atoms with Gasteiger partial charge in [-0.1, -0.05) is 122 Å². The summed E-state index contributed by atoms with van der Waals surface area (Å²) in [6, 6.07) is 43.9. The van der Waals surface area contributed by atoms with Gasteiger partial charge in [-0.15, -0.1) is 0 Å². The van der Waals surface area contributed by atoms with E-state index in [0.29, 0.717) is 12.8 Å². The molecular formula is C43H42N2O2. The zero-order valence-electron chi connectivity index (χ0n) is 26.9. The van der Waals surface area contributed by atoms with Crippen molar-refractivity contribution in [3.63, 3.8) is 0 Å². The SMILES string of the molecule is C=C(Nc1ccc(CCCCC(=O)c2ccc(C(=C)Nc3ccc(CCCC(=O)c4ccccc4)cc3)cc2)cc1)c1ccccc1. The second kappa shape index (κ2) is 16.7. The molecule has 0 radical (unpaired) electrons. The quantitative estimate of drug-likeness (QED) is 0.0804. The number of benzene rings is 5. The zero-order chi connectivity index (χ0) is 32.8. The third kappa shape index (κ3) is 10.0. The van der Waals surface area contributed by atoms with Crippen molar-refractivity contribution in [2.24, 2.45) is 0 Å². The number of hydrogen-bond donors (Lipinski definition) is 2. The predicted molar refractivity (Wildman–Crippen MR) is 197 cm³/mol. The fourth-order valence-electron chi connectivity index (χ4n) is 5.48. The molecule has 0 spiro atoms. The fraction of sp³-hybridized carbons (Fsp3) is 0.163. The first-order valence-corrected chi connectivity index (χ1v) is 16.3. The van der Waals surface area contributed by atoms with Crippen LogP contribution in [0, 0.1) is 0 Å². The van der Waals surface area contributed by atoms with E-state index in [1.807, 2.05) is 97.1 Å². The van der Waals surface area contributed by atoms with Crippen molar-refractivity contribution in [3.05, 3.63) is 180 Å². The van der Waals surface area contributed by atoms with Crippen molar-refractivity contribution in [2.75, 3.05) is 10.6 Å². The lowest BCUT2D eigenvalue weighted by Gasteiger charge is -2.11. The maximum atomic E-state index is 12.8. The summed E-state index contributed by atoms with van der Waals surface area (Å²) in [5, 5.41) is 6.73. The van der Waals surface area contributed by atoms with Crippen LogP contribution in [-0.2, 0) is 12.8 Å². The molecule has 0 atom stereocenters. The first-order chi connectivity index (χ1) is 22.9. The van der Waals surface area contributed by atoms with E-state index in [9.17, 15) is 9.59 Å². The number of nitrogens with one attached hydrogen (secondary N) is 2. The Labute approximate surface area is 278 Å². The van der Waals surface area contributed by atoms with Crippen LogP contribution in [0.2, 0.25) is 0 Å². The molecule has 0 fully saturated rings. The molecule has 4 nitrogen and oxygen atoms in total. The Morgan fingerprint density at radius 3 is 1.32 bits per heavy atom. The van der Waals surface area contributed by atoms with Crippen molar-refractivity contribution in [1.29, 1.82) is 0 Å². The molecule has 0 bridgehead atoms. The summed E-state index contributed by atoms with van der Waals surface area (Å²) in [5.74, 6) is 0.348. The highest BCUT2D eigenvalue weighted by Crippen LogP contribution is 2.21. The molecule has 5 rings (SSSR count). The Balaban J connectivity index is 1.000. The van der Waals surface area contributed by atoms with Gasteiger partial charge in [-0.25, -0.2) is 0 Å². The van der Waals surface area contributed by atoms with Crippen LogP contribution < -0.4 is 10.6 Å². The van der Waals surface area contributed by atoms with E-state index in [1.54, 1.807) is 0 Å². The molecule has 4 heteroatoms. The number of rotatable bonds is 17. The standard InChI is InChI=1S/C43H42N2O2/c1-32(36-14-5-3-6-15-36)44-40-28-20-34(21-29-40)12-9-10-18-42(46)39-26-24-37(25-27-39)33(2)45-41-30-22-35(23-31-41)13-11-19-43(47)38-16-7-4-8-17-38/h3-8,14-17,20-31,44-45H,1-2,9-13,18-19H2. The number of carbonyl (C=O) groups is 2. The van der Waals surface area contributed by atoms with E-state index in [-0.39, 0.29) is 11.6 Å². The van der Waals surface area contributed by atoms with Gasteiger partial charge in [-0.05, 0) is 78.6 Å². The number of carbonyl (C=O) groups excluding carboxylic acids is 2. The van der Waals surface area contributed by atoms with E-state index < -0.39 is 0 Å². The Morgan fingerprint density at radius 1 is 0.426 bits per heavy atom. The lowest BCUT2D eigenvalue weighted by atomic mass is 10.0. The van der Waals surface area contributed by atoms with Gasteiger partial charge in [0.2, 0.25) is 0 Å². The summed E-state index contributed by atoms with van der Waals surface area (Å²) < 4.78 is 0. The smallest absolute Gasteiger partial charge is 0.162 e. The molecule has 0 amide bonds. The van der Waals surface area contributed by atoms with Gasteiger partial charge >= 0.3 is 0 Å². The van der Waals surface area contributed by atoms with E-state index in [0.717, 1.165) is 77.1 Å². The lowest BCUT2D eigenvalue weighted by Crippen LogP contribution is -2.02. The fourth-order valence-corrected chi connectivity index (χ4v) is 5.48. The molecule has 47 heavy (non-hydrogen) atoms. The molecule has 0 saturated carbocycles. The average Bonchev–Trinajstić information content (AvgIpc) is 3.12. The predicted octanol–water partition coefficient (Wildman–Crippen LogP) is 10.7. The van der Waals surface area contributed by atoms with Crippen molar-refractivity contribution >= 4 is 34.3 Å². The van der Waals surface area contributed by atoms with Gasteiger partial charge in [-0.2, -0.15) is 0 Å². The number of ketones is 2. The number of Topliss-reactive ketones (excluding diaryl/α,β-unsaturated/α-hetero) is 2. The topological polar surface area (TPSA) is 58.2 Å². The van der Waals surface area contributed by atoms with Crippen LogP contribution in [0.5, 0.6) is 0 Å². The van der Waals surface area contributed by atoms with E-state index in [1.165, 1.54) is 11.1 Å². The molecule has 0 aliphatic carbocycles.